The number of aliphatic hydroxyl groups is 1. The molecular weight excluding hydrogens is 340 g/mol. The second-order valence-electron chi connectivity index (χ2n) is 6.18. The number of hydrogen-bond donors (Lipinski definition) is 3. The summed E-state index contributed by atoms with van der Waals surface area (Å²) < 4.78 is 0. The summed E-state index contributed by atoms with van der Waals surface area (Å²) in [6.45, 7) is 1.16. The first-order valence-electron chi connectivity index (χ1n) is 8.25. The van der Waals surface area contributed by atoms with E-state index in [-0.39, 0.29) is 30.9 Å². The van der Waals surface area contributed by atoms with Gasteiger partial charge in [0.05, 0.1) is 12.6 Å². The van der Waals surface area contributed by atoms with Crippen molar-refractivity contribution in [1.82, 2.24) is 10.2 Å². The zero-order valence-electron chi connectivity index (χ0n) is 13.8. The van der Waals surface area contributed by atoms with Gasteiger partial charge in [-0.15, -0.1) is 0 Å². The van der Waals surface area contributed by atoms with E-state index in [2.05, 4.69) is 11.4 Å². The van der Waals surface area contributed by atoms with Crippen molar-refractivity contribution in [3.05, 3.63) is 64.2 Å². The number of aliphatic hydroxyl groups excluding tert-OH is 1. The van der Waals surface area contributed by atoms with Crippen LogP contribution in [-0.4, -0.2) is 40.2 Å². The lowest BCUT2D eigenvalue weighted by Gasteiger charge is -2.36. The lowest BCUT2D eigenvalue weighted by atomic mass is 9.93. The Balaban J connectivity index is 1.87. The van der Waals surface area contributed by atoms with Crippen molar-refractivity contribution in [3.8, 4) is 5.75 Å². The summed E-state index contributed by atoms with van der Waals surface area (Å²) in [5.41, 5.74) is 3.01. The number of aromatic hydroxyl groups is 1. The number of rotatable bonds is 5. The number of halogens is 1. The SMILES string of the molecule is O=C(NCCO)C1Cc2ccccc2CN1Cc1cc(Cl)ccc1O. The molecule has 5 nitrogen and oxygen atoms in total. The summed E-state index contributed by atoms with van der Waals surface area (Å²) >= 11 is 6.05. The minimum atomic E-state index is -0.361. The third kappa shape index (κ3) is 4.12. The first-order chi connectivity index (χ1) is 12.1. The predicted octanol–water partition coefficient (Wildman–Crippen LogP) is 2.08. The van der Waals surface area contributed by atoms with Gasteiger partial charge in [-0.3, -0.25) is 9.69 Å². The fourth-order valence-corrected chi connectivity index (χ4v) is 3.39. The van der Waals surface area contributed by atoms with Gasteiger partial charge in [0.2, 0.25) is 5.91 Å². The quantitative estimate of drug-likeness (QED) is 0.763. The topological polar surface area (TPSA) is 72.8 Å². The Kier molecular flexibility index (Phi) is 5.58. The van der Waals surface area contributed by atoms with Crippen molar-refractivity contribution in [1.29, 1.82) is 0 Å². The Labute approximate surface area is 151 Å². The highest BCUT2D eigenvalue weighted by Gasteiger charge is 2.31. The normalized spacial score (nSPS) is 17.1. The Bertz CT molecular complexity index is 766. The van der Waals surface area contributed by atoms with Gasteiger partial charge in [-0.05, 0) is 35.7 Å². The molecule has 1 unspecified atom stereocenters. The first-order valence-corrected chi connectivity index (χ1v) is 8.63. The van der Waals surface area contributed by atoms with E-state index in [0.717, 1.165) is 5.56 Å². The van der Waals surface area contributed by atoms with Crippen molar-refractivity contribution in [2.24, 2.45) is 0 Å². The number of fused-ring (bicyclic) bond motifs is 1. The van der Waals surface area contributed by atoms with E-state index in [1.165, 1.54) is 5.56 Å². The van der Waals surface area contributed by atoms with E-state index in [1.807, 2.05) is 23.1 Å². The molecule has 0 fully saturated rings. The average Bonchev–Trinajstić information content (AvgIpc) is 2.62. The van der Waals surface area contributed by atoms with E-state index in [0.29, 0.717) is 30.1 Å². The molecule has 132 valence electrons. The summed E-state index contributed by atoms with van der Waals surface area (Å²) in [5, 5.41) is 22.4. The molecule has 0 spiro atoms. The molecule has 1 heterocycles. The number of hydrogen-bond acceptors (Lipinski definition) is 4. The van der Waals surface area contributed by atoms with E-state index < -0.39 is 0 Å². The number of phenolic OH excluding ortho intramolecular Hbond substituents is 1. The third-order valence-electron chi connectivity index (χ3n) is 4.47. The molecule has 0 aromatic heterocycles. The molecule has 0 bridgehead atoms. The van der Waals surface area contributed by atoms with Crippen LogP contribution >= 0.6 is 11.6 Å². The molecular formula is C19H21ClN2O3. The van der Waals surface area contributed by atoms with Gasteiger partial charge in [-0.2, -0.15) is 0 Å². The van der Waals surface area contributed by atoms with E-state index in [1.54, 1.807) is 18.2 Å². The van der Waals surface area contributed by atoms with Crippen molar-refractivity contribution in [2.45, 2.75) is 25.6 Å². The second kappa shape index (κ2) is 7.87. The van der Waals surface area contributed by atoms with Crippen LogP contribution in [0.1, 0.15) is 16.7 Å². The molecule has 2 aromatic rings. The lowest BCUT2D eigenvalue weighted by molar-refractivity contribution is -0.127. The number of phenols is 1. The Morgan fingerprint density at radius 2 is 2.00 bits per heavy atom. The third-order valence-corrected chi connectivity index (χ3v) is 4.71. The summed E-state index contributed by atoms with van der Waals surface area (Å²) in [6, 6.07) is 12.6. The molecule has 1 atom stereocenters. The summed E-state index contributed by atoms with van der Waals surface area (Å²) in [7, 11) is 0. The van der Waals surface area contributed by atoms with Crippen molar-refractivity contribution in [2.75, 3.05) is 13.2 Å². The molecule has 0 saturated heterocycles. The lowest BCUT2D eigenvalue weighted by Crippen LogP contribution is -2.50. The zero-order chi connectivity index (χ0) is 17.8. The number of nitrogens with zero attached hydrogens (tertiary/aromatic N) is 1. The molecule has 25 heavy (non-hydrogen) atoms. The summed E-state index contributed by atoms with van der Waals surface area (Å²) in [6.07, 6.45) is 0.592. The zero-order valence-corrected chi connectivity index (χ0v) is 14.5. The predicted molar refractivity (Wildman–Crippen MR) is 96.4 cm³/mol. The molecule has 0 saturated carbocycles. The fourth-order valence-electron chi connectivity index (χ4n) is 3.20. The minimum Gasteiger partial charge on any atom is -0.508 e. The Hall–Kier alpha value is -2.08. The van der Waals surface area contributed by atoms with Crippen molar-refractivity contribution >= 4 is 17.5 Å². The first kappa shape index (κ1) is 17.7. The summed E-state index contributed by atoms with van der Waals surface area (Å²) in [4.78, 5) is 14.6. The monoisotopic (exact) mass is 360 g/mol. The van der Waals surface area contributed by atoms with Crippen molar-refractivity contribution in [3.63, 3.8) is 0 Å². The highest BCUT2D eigenvalue weighted by Crippen LogP contribution is 2.28. The molecule has 1 aliphatic rings. The number of benzene rings is 2. The standard InChI is InChI=1S/C19H21ClN2O3/c20-16-5-6-18(24)15(9-16)12-22-11-14-4-2-1-3-13(14)10-17(22)19(25)21-7-8-23/h1-6,9,17,23-24H,7-8,10-12H2,(H,21,25). The number of amides is 1. The highest BCUT2D eigenvalue weighted by atomic mass is 35.5. The van der Waals surface area contributed by atoms with Crippen LogP contribution in [-0.2, 0) is 24.3 Å². The summed E-state index contributed by atoms with van der Waals surface area (Å²) in [5.74, 6) is 0.0443. The Morgan fingerprint density at radius 1 is 1.24 bits per heavy atom. The molecule has 1 aliphatic heterocycles. The highest BCUT2D eigenvalue weighted by molar-refractivity contribution is 6.30. The average molecular weight is 361 g/mol. The minimum absolute atomic E-state index is 0.0931. The van der Waals surface area contributed by atoms with Gasteiger partial charge in [-0.25, -0.2) is 0 Å². The van der Waals surface area contributed by atoms with Crippen LogP contribution in [0.4, 0.5) is 0 Å². The van der Waals surface area contributed by atoms with E-state index >= 15 is 0 Å². The van der Waals surface area contributed by atoms with Gasteiger partial charge in [0.15, 0.2) is 0 Å². The molecule has 1 amide bonds. The largest absolute Gasteiger partial charge is 0.508 e. The van der Waals surface area contributed by atoms with Crippen molar-refractivity contribution < 1.29 is 15.0 Å². The van der Waals surface area contributed by atoms with Crippen LogP contribution in [0.2, 0.25) is 5.02 Å². The smallest absolute Gasteiger partial charge is 0.237 e. The fraction of sp³-hybridized carbons (Fsp3) is 0.316. The molecule has 0 radical (unpaired) electrons. The van der Waals surface area contributed by atoms with Gasteiger partial charge in [-0.1, -0.05) is 35.9 Å². The molecule has 3 N–H and O–H groups in total. The molecule has 6 heteroatoms. The molecule has 3 rings (SSSR count). The molecule has 2 aromatic carbocycles. The maximum atomic E-state index is 12.6. The second-order valence-corrected chi connectivity index (χ2v) is 6.62. The van der Waals surface area contributed by atoms with Crippen LogP contribution in [0.15, 0.2) is 42.5 Å². The maximum absolute atomic E-state index is 12.6. The van der Waals surface area contributed by atoms with Crippen LogP contribution < -0.4 is 5.32 Å². The van der Waals surface area contributed by atoms with E-state index in [9.17, 15) is 9.90 Å². The van der Waals surface area contributed by atoms with Crippen LogP contribution in [0.5, 0.6) is 5.75 Å². The number of carbonyl (C=O) groups is 1. The van der Waals surface area contributed by atoms with Crippen LogP contribution in [0, 0.1) is 0 Å². The van der Waals surface area contributed by atoms with E-state index in [4.69, 9.17) is 16.7 Å². The number of nitrogens with one attached hydrogen (secondary N) is 1. The molecule has 0 aliphatic carbocycles. The van der Waals surface area contributed by atoms with Gasteiger partial charge in [0.1, 0.15) is 5.75 Å². The number of carbonyl (C=O) groups excluding carboxylic acids is 1. The Morgan fingerprint density at radius 3 is 2.76 bits per heavy atom. The van der Waals surface area contributed by atoms with Crippen LogP contribution in [0.25, 0.3) is 0 Å². The van der Waals surface area contributed by atoms with Gasteiger partial charge < -0.3 is 15.5 Å². The van der Waals surface area contributed by atoms with Gasteiger partial charge in [0.25, 0.3) is 0 Å². The van der Waals surface area contributed by atoms with Gasteiger partial charge >= 0.3 is 0 Å². The van der Waals surface area contributed by atoms with Gasteiger partial charge in [0, 0.05) is 30.2 Å². The van der Waals surface area contributed by atoms with Crippen LogP contribution in [0.3, 0.4) is 0 Å². The maximum Gasteiger partial charge on any atom is 0.237 e.